The van der Waals surface area contributed by atoms with Gasteiger partial charge in [-0.3, -0.25) is 4.79 Å². The monoisotopic (exact) mass is 475 g/mol. The third-order valence-electron chi connectivity index (χ3n) is 5.74. The molecular weight excluding hydrogens is 446 g/mol. The fourth-order valence-electron chi connectivity index (χ4n) is 3.82. The maximum absolute atomic E-state index is 13.0. The largest absolute Gasteiger partial charge is 0.497 e. The summed E-state index contributed by atoms with van der Waals surface area (Å²) in [5, 5.41) is 5.99. The number of carbonyl (C=O) groups excluding carboxylic acids is 1. The Kier molecular flexibility index (Phi) is 7.33. The standard InChI is InChI=1S/C27H29N3O3S/c1-5-6-15-28-26(31)23-16-25(30(18(23)2)20-9-13-22(33-4)14-10-20)24-17-34-27(29-24)19-7-11-21(32-3)12-8-19/h7-14,16-17H,5-6,15H2,1-4H3,(H,28,31). The molecule has 6 nitrogen and oxygen atoms in total. The van der Waals surface area contributed by atoms with E-state index in [1.807, 2.05) is 66.9 Å². The maximum atomic E-state index is 13.0. The zero-order valence-electron chi connectivity index (χ0n) is 19.9. The highest BCUT2D eigenvalue weighted by Gasteiger charge is 2.21. The molecule has 0 bridgehead atoms. The van der Waals surface area contributed by atoms with Gasteiger partial charge in [0.25, 0.3) is 5.91 Å². The zero-order valence-corrected chi connectivity index (χ0v) is 20.7. The van der Waals surface area contributed by atoms with Crippen molar-refractivity contribution in [2.24, 2.45) is 0 Å². The summed E-state index contributed by atoms with van der Waals surface area (Å²) in [6.07, 6.45) is 1.98. The number of carbonyl (C=O) groups is 1. The average Bonchev–Trinajstić information content (AvgIpc) is 3.49. The number of unbranched alkanes of at least 4 members (excludes halogenated alkanes) is 1. The Labute approximate surface area is 204 Å². The number of nitrogens with zero attached hydrogens (tertiary/aromatic N) is 2. The number of nitrogens with one attached hydrogen (secondary N) is 1. The Morgan fingerprint density at radius 2 is 1.68 bits per heavy atom. The van der Waals surface area contributed by atoms with E-state index in [1.165, 1.54) is 0 Å². The predicted octanol–water partition coefficient (Wildman–Crippen LogP) is 6.12. The van der Waals surface area contributed by atoms with Gasteiger partial charge in [0, 0.05) is 28.9 Å². The fraction of sp³-hybridized carbons (Fsp3) is 0.259. The van der Waals surface area contributed by atoms with Crippen molar-refractivity contribution < 1.29 is 14.3 Å². The lowest BCUT2D eigenvalue weighted by molar-refractivity contribution is 0.0952. The molecule has 1 N–H and O–H groups in total. The molecule has 2 aromatic carbocycles. The van der Waals surface area contributed by atoms with Gasteiger partial charge in [0.2, 0.25) is 0 Å². The number of methoxy groups -OCH3 is 2. The summed E-state index contributed by atoms with van der Waals surface area (Å²) in [7, 11) is 3.30. The van der Waals surface area contributed by atoms with Crippen molar-refractivity contribution >= 4 is 17.2 Å². The van der Waals surface area contributed by atoms with Crippen molar-refractivity contribution in [1.82, 2.24) is 14.9 Å². The van der Waals surface area contributed by atoms with Crippen molar-refractivity contribution in [2.75, 3.05) is 20.8 Å². The van der Waals surface area contributed by atoms with Gasteiger partial charge < -0.3 is 19.4 Å². The molecule has 0 atom stereocenters. The van der Waals surface area contributed by atoms with Gasteiger partial charge in [0.1, 0.15) is 16.5 Å². The molecule has 0 aliphatic heterocycles. The molecule has 0 saturated heterocycles. The van der Waals surface area contributed by atoms with E-state index in [0.717, 1.165) is 57.7 Å². The minimum atomic E-state index is -0.0648. The van der Waals surface area contributed by atoms with E-state index in [9.17, 15) is 4.79 Å². The summed E-state index contributed by atoms with van der Waals surface area (Å²) < 4.78 is 12.7. The average molecular weight is 476 g/mol. The smallest absolute Gasteiger partial charge is 0.253 e. The van der Waals surface area contributed by atoms with Gasteiger partial charge in [0.15, 0.2) is 0 Å². The number of hydrogen-bond acceptors (Lipinski definition) is 5. The Hall–Kier alpha value is -3.58. The number of aromatic nitrogens is 2. The summed E-state index contributed by atoms with van der Waals surface area (Å²) in [6.45, 7) is 4.74. The van der Waals surface area contributed by atoms with Crippen LogP contribution in [0.4, 0.5) is 0 Å². The Balaban J connectivity index is 1.76. The molecule has 1 amide bonds. The zero-order chi connectivity index (χ0) is 24.1. The Morgan fingerprint density at radius 3 is 2.29 bits per heavy atom. The molecular formula is C27H29N3O3S. The van der Waals surface area contributed by atoms with Gasteiger partial charge in [-0.15, -0.1) is 11.3 Å². The summed E-state index contributed by atoms with van der Waals surface area (Å²) in [5.74, 6) is 1.52. The minimum absolute atomic E-state index is 0.0648. The molecule has 0 aliphatic rings. The van der Waals surface area contributed by atoms with Crippen LogP contribution in [-0.2, 0) is 0 Å². The number of benzene rings is 2. The van der Waals surface area contributed by atoms with Crippen LogP contribution in [0.3, 0.4) is 0 Å². The lowest BCUT2D eigenvalue weighted by atomic mass is 10.2. The third-order valence-corrected chi connectivity index (χ3v) is 6.63. The van der Waals surface area contributed by atoms with Crippen LogP contribution in [0.25, 0.3) is 27.6 Å². The topological polar surface area (TPSA) is 65.4 Å². The lowest BCUT2D eigenvalue weighted by Gasteiger charge is -2.12. The second kappa shape index (κ2) is 10.6. The maximum Gasteiger partial charge on any atom is 0.253 e. The first-order valence-electron chi connectivity index (χ1n) is 11.3. The van der Waals surface area contributed by atoms with E-state index in [4.69, 9.17) is 14.5 Å². The van der Waals surface area contributed by atoms with E-state index in [2.05, 4.69) is 16.8 Å². The molecule has 0 saturated carbocycles. The molecule has 0 radical (unpaired) electrons. The molecule has 34 heavy (non-hydrogen) atoms. The number of ether oxygens (including phenoxy) is 2. The SMILES string of the molecule is CCCCNC(=O)c1cc(-c2csc(-c3ccc(OC)cc3)n2)n(-c2ccc(OC)cc2)c1C. The lowest BCUT2D eigenvalue weighted by Crippen LogP contribution is -2.24. The summed E-state index contributed by atoms with van der Waals surface area (Å²) in [5.41, 5.74) is 5.18. The van der Waals surface area contributed by atoms with Crippen LogP contribution < -0.4 is 14.8 Å². The fourth-order valence-corrected chi connectivity index (χ4v) is 4.64. The molecule has 2 aromatic heterocycles. The Bertz CT molecular complexity index is 1260. The van der Waals surface area contributed by atoms with Gasteiger partial charge in [0.05, 0.1) is 31.2 Å². The molecule has 4 rings (SSSR count). The van der Waals surface area contributed by atoms with Gasteiger partial charge in [-0.25, -0.2) is 4.98 Å². The number of thiazole rings is 1. The van der Waals surface area contributed by atoms with Crippen LogP contribution in [0.5, 0.6) is 11.5 Å². The van der Waals surface area contributed by atoms with Crippen LogP contribution in [0, 0.1) is 6.92 Å². The number of hydrogen-bond donors (Lipinski definition) is 1. The van der Waals surface area contributed by atoms with E-state index in [1.54, 1.807) is 25.6 Å². The van der Waals surface area contributed by atoms with Crippen LogP contribution in [-0.4, -0.2) is 36.2 Å². The normalized spacial score (nSPS) is 10.8. The number of amides is 1. The third kappa shape index (κ3) is 4.84. The molecule has 0 spiro atoms. The highest BCUT2D eigenvalue weighted by Crippen LogP contribution is 2.34. The minimum Gasteiger partial charge on any atom is -0.497 e. The van der Waals surface area contributed by atoms with E-state index < -0.39 is 0 Å². The quantitative estimate of drug-likeness (QED) is 0.296. The van der Waals surface area contributed by atoms with Gasteiger partial charge in [-0.05, 0) is 67.9 Å². The second-order valence-electron chi connectivity index (χ2n) is 7.94. The number of rotatable bonds is 9. The van der Waals surface area contributed by atoms with E-state index in [0.29, 0.717) is 12.1 Å². The molecule has 0 unspecified atom stereocenters. The van der Waals surface area contributed by atoms with Crippen molar-refractivity contribution in [2.45, 2.75) is 26.7 Å². The predicted molar refractivity (Wildman–Crippen MR) is 137 cm³/mol. The molecule has 0 aliphatic carbocycles. The van der Waals surface area contributed by atoms with E-state index >= 15 is 0 Å². The molecule has 2 heterocycles. The summed E-state index contributed by atoms with van der Waals surface area (Å²) in [4.78, 5) is 17.9. The summed E-state index contributed by atoms with van der Waals surface area (Å²) >= 11 is 1.58. The molecule has 176 valence electrons. The van der Waals surface area contributed by atoms with Crippen molar-refractivity contribution in [3.8, 4) is 39.1 Å². The second-order valence-corrected chi connectivity index (χ2v) is 8.80. The van der Waals surface area contributed by atoms with Crippen LogP contribution in [0.15, 0.2) is 60.0 Å². The molecule has 0 fully saturated rings. The highest BCUT2D eigenvalue weighted by atomic mass is 32.1. The molecule has 7 heteroatoms. The van der Waals surface area contributed by atoms with E-state index in [-0.39, 0.29) is 5.91 Å². The van der Waals surface area contributed by atoms with Gasteiger partial charge >= 0.3 is 0 Å². The van der Waals surface area contributed by atoms with Crippen molar-refractivity contribution in [3.05, 3.63) is 71.2 Å². The van der Waals surface area contributed by atoms with Crippen LogP contribution in [0.1, 0.15) is 35.8 Å². The first-order chi connectivity index (χ1) is 16.5. The van der Waals surface area contributed by atoms with Gasteiger partial charge in [-0.1, -0.05) is 13.3 Å². The van der Waals surface area contributed by atoms with Gasteiger partial charge in [-0.2, -0.15) is 0 Å². The highest BCUT2D eigenvalue weighted by molar-refractivity contribution is 7.13. The van der Waals surface area contributed by atoms with Crippen LogP contribution >= 0.6 is 11.3 Å². The first-order valence-corrected chi connectivity index (χ1v) is 12.2. The molecule has 4 aromatic rings. The summed E-state index contributed by atoms with van der Waals surface area (Å²) in [6, 6.07) is 17.6. The van der Waals surface area contributed by atoms with Crippen molar-refractivity contribution in [3.63, 3.8) is 0 Å². The Morgan fingerprint density at radius 1 is 1.03 bits per heavy atom. The first kappa shape index (κ1) is 23.6. The van der Waals surface area contributed by atoms with Crippen LogP contribution in [0.2, 0.25) is 0 Å². The van der Waals surface area contributed by atoms with Crippen molar-refractivity contribution in [1.29, 1.82) is 0 Å².